The summed E-state index contributed by atoms with van der Waals surface area (Å²) in [5.41, 5.74) is 5.69. The molecule has 0 radical (unpaired) electrons. The van der Waals surface area contributed by atoms with Crippen LogP contribution in [-0.2, 0) is 17.3 Å². The third-order valence-electron chi connectivity index (χ3n) is 30.4. The number of aromatic nitrogens is 2. The first kappa shape index (κ1) is 99.1. The molecule has 116 heavy (non-hydrogen) atoms. The molecule has 0 N–H and O–H groups in total. The van der Waals surface area contributed by atoms with E-state index in [1.54, 1.807) is 86.8 Å². The second kappa shape index (κ2) is 54.5. The highest BCUT2D eigenvalue weighted by Crippen LogP contribution is 2.52. The first-order valence-corrected chi connectivity index (χ1v) is 50.4. The van der Waals surface area contributed by atoms with Crippen LogP contribution in [0.4, 0.5) is 4.39 Å². The minimum atomic E-state index is -0.221. The van der Waals surface area contributed by atoms with Gasteiger partial charge in [0.05, 0.1) is 6.61 Å². The highest BCUT2D eigenvalue weighted by Gasteiger charge is 2.42. The Hall–Kier alpha value is -3.96. The van der Waals surface area contributed by atoms with Crippen molar-refractivity contribution in [1.82, 2.24) is 10.1 Å². The average molecular weight is 1620 g/mol. The van der Waals surface area contributed by atoms with Crippen LogP contribution in [0.25, 0.3) is 11.4 Å². The Morgan fingerprint density at radius 3 is 1.25 bits per heavy atom. The Morgan fingerprint density at radius 1 is 0.440 bits per heavy atom. The molecule has 12 fully saturated rings. The molecule has 12 aliphatic carbocycles. The molecule has 656 valence electrons. The SMILES string of the molecule is CC(C1CC1)C1CC1.CC1CCC(C(C)(C)C)CC1.CC1CCC(C)CC1.CC1CCC(C)CC1.CC1CCC(C2CCCCC2)CC1.CC1CCC2CCCCC2C1.CCC1(c2ccccc2)CC1.CCC1(c2ccccc2)CCCC1.CCCC1CC1.CCCCCOc1ccc(F)cc1.CCc1nc(-c2ccc(Cl)cc2)no1. The predicted octanol–water partition coefficient (Wildman–Crippen LogP) is 35.6. The summed E-state index contributed by atoms with van der Waals surface area (Å²) in [6, 6.07) is 35.4. The van der Waals surface area contributed by atoms with E-state index in [2.05, 4.69) is 175 Å². The third-order valence-corrected chi connectivity index (χ3v) is 30.6. The molecule has 1 aromatic heterocycles. The topological polar surface area (TPSA) is 48.2 Å². The summed E-state index contributed by atoms with van der Waals surface area (Å²) in [5.74, 6) is 19.0. The fourth-order valence-corrected chi connectivity index (χ4v) is 20.7. The molecule has 3 unspecified atom stereocenters. The Morgan fingerprint density at radius 2 is 0.853 bits per heavy atom. The van der Waals surface area contributed by atoms with Crippen molar-refractivity contribution in [2.45, 2.75) is 430 Å². The van der Waals surface area contributed by atoms with Crippen molar-refractivity contribution in [3.05, 3.63) is 137 Å². The lowest BCUT2D eigenvalue weighted by Crippen LogP contribution is -2.26. The van der Waals surface area contributed by atoms with Crippen LogP contribution in [0.1, 0.15) is 430 Å². The van der Waals surface area contributed by atoms with Crippen molar-refractivity contribution in [1.29, 1.82) is 0 Å². The quantitative estimate of drug-likeness (QED) is 0.0924. The van der Waals surface area contributed by atoms with Crippen LogP contribution in [0.2, 0.25) is 5.02 Å². The molecule has 5 aromatic rings. The Balaban J connectivity index is 0.000000178. The van der Waals surface area contributed by atoms with E-state index in [4.69, 9.17) is 20.9 Å². The molecule has 12 aliphatic rings. The fraction of sp³-hybridized carbons (Fsp3) is 0.764. The molecule has 17 rings (SSSR count). The first-order chi connectivity index (χ1) is 56.0. The van der Waals surface area contributed by atoms with E-state index in [1.807, 2.05) is 19.1 Å². The van der Waals surface area contributed by atoms with Crippen LogP contribution in [0.5, 0.6) is 5.75 Å². The minimum Gasteiger partial charge on any atom is -0.494 e. The zero-order valence-electron chi connectivity index (χ0n) is 78.2. The normalized spacial score (nSPS) is 26.8. The summed E-state index contributed by atoms with van der Waals surface area (Å²) in [7, 11) is 0. The molecular weight excluding hydrogens is 1440 g/mol. The fourth-order valence-electron chi connectivity index (χ4n) is 20.6. The van der Waals surface area contributed by atoms with E-state index in [9.17, 15) is 4.39 Å². The number of fused-ring (bicyclic) bond motifs is 1. The molecule has 0 aliphatic heterocycles. The average Bonchev–Trinajstić information content (AvgIpc) is 1.63. The molecule has 6 heteroatoms. The number of hydrogen-bond acceptors (Lipinski definition) is 4. The number of aryl methyl sites for hydroxylation is 1. The molecule has 0 saturated heterocycles. The van der Waals surface area contributed by atoms with Gasteiger partial charge < -0.3 is 9.26 Å². The maximum Gasteiger partial charge on any atom is 0.226 e. The molecular formula is C110H180ClFN2O2. The number of nitrogens with zero attached hydrogens (tertiary/aromatic N) is 2. The van der Waals surface area contributed by atoms with Crippen LogP contribution in [-0.4, -0.2) is 16.7 Å². The van der Waals surface area contributed by atoms with Crippen molar-refractivity contribution < 1.29 is 13.7 Å². The number of halogens is 2. The zero-order chi connectivity index (χ0) is 83.6. The highest BCUT2D eigenvalue weighted by molar-refractivity contribution is 6.30. The van der Waals surface area contributed by atoms with E-state index < -0.39 is 0 Å². The van der Waals surface area contributed by atoms with Gasteiger partial charge >= 0.3 is 0 Å². The van der Waals surface area contributed by atoms with Crippen molar-refractivity contribution in [3.63, 3.8) is 0 Å². The van der Waals surface area contributed by atoms with Gasteiger partial charge in [-0.3, -0.25) is 0 Å². The van der Waals surface area contributed by atoms with E-state index >= 15 is 0 Å². The van der Waals surface area contributed by atoms with Crippen LogP contribution in [0, 0.1) is 106 Å². The van der Waals surface area contributed by atoms with Gasteiger partial charge in [0.15, 0.2) is 0 Å². The number of hydrogen-bond donors (Lipinski definition) is 0. The van der Waals surface area contributed by atoms with Gasteiger partial charge in [-0.05, 0) is 280 Å². The lowest BCUT2D eigenvalue weighted by molar-refractivity contribution is 0.137. The summed E-state index contributed by atoms with van der Waals surface area (Å²) in [4.78, 5) is 4.21. The van der Waals surface area contributed by atoms with Gasteiger partial charge in [-0.25, -0.2) is 4.39 Å². The Labute approximate surface area is 721 Å². The van der Waals surface area contributed by atoms with Crippen molar-refractivity contribution >= 4 is 11.6 Å². The zero-order valence-corrected chi connectivity index (χ0v) is 79.0. The summed E-state index contributed by atoms with van der Waals surface area (Å²) in [6.07, 6.45) is 69.5. The summed E-state index contributed by atoms with van der Waals surface area (Å²) < 4.78 is 22.9. The summed E-state index contributed by atoms with van der Waals surface area (Å²) >= 11 is 5.77. The molecule has 4 nitrogen and oxygen atoms in total. The highest BCUT2D eigenvalue weighted by atomic mass is 35.5. The number of benzene rings is 4. The first-order valence-electron chi connectivity index (χ1n) is 50.0. The third kappa shape index (κ3) is 39.1. The second-order valence-corrected chi connectivity index (χ2v) is 42.0. The van der Waals surface area contributed by atoms with Gasteiger partial charge in [-0.1, -0.05) is 381 Å². The Bertz CT molecular complexity index is 3130. The van der Waals surface area contributed by atoms with Crippen LogP contribution in [0.3, 0.4) is 0 Å². The molecule has 4 aromatic carbocycles. The van der Waals surface area contributed by atoms with E-state index in [-0.39, 0.29) is 5.82 Å². The van der Waals surface area contributed by atoms with E-state index in [0.29, 0.717) is 33.0 Å². The minimum absolute atomic E-state index is 0.221. The summed E-state index contributed by atoms with van der Waals surface area (Å²) in [6.45, 7) is 38.0. The maximum absolute atomic E-state index is 12.5. The monoisotopic (exact) mass is 1620 g/mol. The van der Waals surface area contributed by atoms with Gasteiger partial charge in [0, 0.05) is 17.0 Å². The lowest BCUT2D eigenvalue weighted by atomic mass is 9.68. The number of rotatable bonds is 16. The van der Waals surface area contributed by atoms with Crippen LogP contribution in [0.15, 0.2) is 114 Å². The smallest absolute Gasteiger partial charge is 0.226 e. The maximum atomic E-state index is 12.5. The van der Waals surface area contributed by atoms with Gasteiger partial charge in [-0.2, -0.15) is 4.98 Å². The van der Waals surface area contributed by atoms with Gasteiger partial charge in [0.1, 0.15) is 11.6 Å². The number of ether oxygens (including phenoxy) is 1. The molecule has 3 atom stereocenters. The predicted molar refractivity (Wildman–Crippen MR) is 503 cm³/mol. The van der Waals surface area contributed by atoms with Gasteiger partial charge in [0.25, 0.3) is 0 Å². The van der Waals surface area contributed by atoms with Crippen molar-refractivity contribution in [2.24, 2.45) is 100 Å². The molecule has 12 saturated carbocycles. The molecule has 0 bridgehead atoms. The summed E-state index contributed by atoms with van der Waals surface area (Å²) in [5, 5.41) is 4.56. The van der Waals surface area contributed by atoms with Gasteiger partial charge in [-0.15, -0.1) is 0 Å². The number of unbranched alkanes of at least 4 members (excludes halogenated alkanes) is 2. The van der Waals surface area contributed by atoms with Crippen LogP contribution < -0.4 is 4.74 Å². The van der Waals surface area contributed by atoms with Crippen LogP contribution >= 0.6 is 11.6 Å². The Kier molecular flexibility index (Phi) is 46.6. The largest absolute Gasteiger partial charge is 0.494 e. The van der Waals surface area contributed by atoms with Crippen molar-refractivity contribution in [3.8, 4) is 17.1 Å². The molecule has 1 heterocycles. The molecule has 0 amide bonds. The van der Waals surface area contributed by atoms with E-state index in [0.717, 1.165) is 125 Å². The van der Waals surface area contributed by atoms with Crippen molar-refractivity contribution in [2.75, 3.05) is 6.61 Å². The lowest BCUT2D eigenvalue weighted by Gasteiger charge is -2.38. The second-order valence-electron chi connectivity index (χ2n) is 41.5. The standard InChI is InChI=1S/C13H24.C13H18.C11H15FO.C11H20.C11H14.C11H22.C10H9ClN2O.C8H14.2C8H16.C6H12/c1-11-7-9-13(10-8-11)12-5-3-2-4-6-12;1-2-13(10-6-7-11-13)12-8-4-3-5-9-12;1-2-3-4-9-13-11-7-5-10(12)6-8-11;1-9-6-7-10-4-2-3-5-11(10)8-9;1-2-11(8-9-11)10-6-4-3-5-7-10;1-9-5-7-10(8-6-9)11(2,3)4;1-2-9-12-10(13-14-9)7-3-5-8(11)6-4-7;1-6(7-2-3-7)8-4-5-8;2*1-7-3-5-8(2)6-4-7;1-2-3-6-4-5-6/h11-13H,2-10H2,1H3;3-5,8-9H,2,6-7,10-11H2,1H3;5-8H,2-4,9H2,1H3;9-11H,2-8H2,1H3;3-7H,2,8-9H2,1H3;9-10H,5-8H2,1-4H3;3-6H,2H2,1H3;6-8H,2-5H2,1H3;2*7-8H,3-6H2,1-2H3;6H,2-5H2,1H3. The van der Waals surface area contributed by atoms with E-state index in [1.165, 1.54) is 256 Å². The van der Waals surface area contributed by atoms with Gasteiger partial charge in [0.2, 0.25) is 11.7 Å². The molecule has 0 spiro atoms.